The first-order valence-corrected chi connectivity index (χ1v) is 9.27. The molecule has 6 nitrogen and oxygen atoms in total. The van der Waals surface area contributed by atoms with Crippen molar-refractivity contribution in [2.75, 3.05) is 18.0 Å². The first-order valence-electron chi connectivity index (χ1n) is 9.27. The van der Waals surface area contributed by atoms with Crippen molar-refractivity contribution in [2.24, 2.45) is 0 Å². The molecule has 1 aromatic rings. The van der Waals surface area contributed by atoms with Gasteiger partial charge in [-0.1, -0.05) is 12.8 Å². The van der Waals surface area contributed by atoms with Gasteiger partial charge in [-0.3, -0.25) is 0 Å². The van der Waals surface area contributed by atoms with E-state index in [1.807, 2.05) is 11.0 Å². The summed E-state index contributed by atoms with van der Waals surface area (Å²) in [5.74, 6) is -0.368. The van der Waals surface area contributed by atoms with Gasteiger partial charge in [0.05, 0.1) is 17.3 Å². The van der Waals surface area contributed by atoms with Crippen LogP contribution in [0.4, 0.5) is 14.9 Å². The lowest BCUT2D eigenvalue weighted by atomic mass is 9.89. The molecule has 1 aromatic carbocycles. The second kappa shape index (κ2) is 8.37. The summed E-state index contributed by atoms with van der Waals surface area (Å²) >= 11 is 0. The Labute approximate surface area is 153 Å². The highest BCUT2D eigenvalue weighted by atomic mass is 19.1. The Morgan fingerprint density at radius 2 is 2.00 bits per heavy atom. The van der Waals surface area contributed by atoms with E-state index in [-0.39, 0.29) is 23.9 Å². The Balaban J connectivity index is 1.64. The third-order valence-corrected chi connectivity index (χ3v) is 5.36. The van der Waals surface area contributed by atoms with Crippen LogP contribution in [0.3, 0.4) is 0 Å². The summed E-state index contributed by atoms with van der Waals surface area (Å²) in [5, 5.41) is 24.2. The number of rotatable bonds is 4. The van der Waals surface area contributed by atoms with Crippen molar-refractivity contribution in [1.82, 2.24) is 10.6 Å². The van der Waals surface area contributed by atoms with E-state index in [0.29, 0.717) is 17.8 Å². The molecular weight excluding hydrogens is 335 g/mol. The molecular formula is C19H25FN4O2. The van der Waals surface area contributed by atoms with Gasteiger partial charge in [-0.05, 0) is 43.9 Å². The number of carboxylic acid groups (broad SMARTS) is 1. The monoisotopic (exact) mass is 360 g/mol. The van der Waals surface area contributed by atoms with Crippen molar-refractivity contribution >= 4 is 11.8 Å². The lowest BCUT2D eigenvalue weighted by Crippen LogP contribution is -2.57. The summed E-state index contributed by atoms with van der Waals surface area (Å²) in [5.41, 5.74) is 0.849. The fraction of sp³-hybridized carbons (Fsp3) is 0.579. The number of benzene rings is 1. The number of hydrogen-bond donors (Lipinski definition) is 3. The fourth-order valence-electron chi connectivity index (χ4n) is 4.13. The molecule has 0 bridgehead atoms. The van der Waals surface area contributed by atoms with Crippen molar-refractivity contribution in [2.45, 2.75) is 56.7 Å². The number of halogens is 1. The van der Waals surface area contributed by atoms with Crippen LogP contribution in [0.2, 0.25) is 0 Å². The molecule has 3 atom stereocenters. The standard InChI is InChI=1S/C19H25FN4O2/c20-15-10-13(11-21)7-8-18(15)24-9-3-4-14(12-24)22-16-5-1-2-6-17(16)23-19(25)26/h7-8,10,14,16-17,22-23H,1-6,9,12H2,(H,25,26)/t14-,16+,17+/m0/s1. The minimum Gasteiger partial charge on any atom is -0.465 e. The van der Waals surface area contributed by atoms with Crippen molar-refractivity contribution in [1.29, 1.82) is 5.26 Å². The summed E-state index contributed by atoms with van der Waals surface area (Å²) in [4.78, 5) is 13.0. The van der Waals surface area contributed by atoms with Gasteiger partial charge in [0.25, 0.3) is 0 Å². The Bertz CT molecular complexity index is 691. The molecule has 2 aliphatic rings. The highest BCUT2D eigenvalue weighted by molar-refractivity contribution is 5.65. The lowest BCUT2D eigenvalue weighted by molar-refractivity contribution is 0.176. The Morgan fingerprint density at radius 3 is 2.69 bits per heavy atom. The zero-order valence-electron chi connectivity index (χ0n) is 14.7. The van der Waals surface area contributed by atoms with Gasteiger partial charge in [0.1, 0.15) is 5.82 Å². The molecule has 140 valence electrons. The van der Waals surface area contributed by atoms with Gasteiger partial charge >= 0.3 is 6.09 Å². The molecule has 1 heterocycles. The minimum atomic E-state index is -0.978. The van der Waals surface area contributed by atoms with Crippen molar-refractivity contribution in [3.63, 3.8) is 0 Å². The normalized spacial score (nSPS) is 26.2. The Hall–Kier alpha value is -2.33. The molecule has 0 spiro atoms. The van der Waals surface area contributed by atoms with Crippen LogP contribution < -0.4 is 15.5 Å². The average molecular weight is 360 g/mol. The number of anilines is 1. The maximum atomic E-state index is 14.3. The van der Waals surface area contributed by atoms with E-state index in [2.05, 4.69) is 10.6 Å². The van der Waals surface area contributed by atoms with Gasteiger partial charge < -0.3 is 20.6 Å². The van der Waals surface area contributed by atoms with Crippen LogP contribution in [0.15, 0.2) is 18.2 Å². The van der Waals surface area contributed by atoms with Crippen LogP contribution in [0.5, 0.6) is 0 Å². The topological polar surface area (TPSA) is 88.4 Å². The molecule has 26 heavy (non-hydrogen) atoms. The molecule has 0 unspecified atom stereocenters. The third kappa shape index (κ3) is 4.44. The Kier molecular flexibility index (Phi) is 5.94. The molecule has 1 amide bonds. The molecule has 1 aliphatic carbocycles. The van der Waals surface area contributed by atoms with Gasteiger partial charge in [-0.25, -0.2) is 9.18 Å². The van der Waals surface area contributed by atoms with Crippen LogP contribution >= 0.6 is 0 Å². The van der Waals surface area contributed by atoms with E-state index in [1.54, 1.807) is 12.1 Å². The maximum absolute atomic E-state index is 14.3. The number of amides is 1. The van der Waals surface area contributed by atoms with Crippen LogP contribution in [0.1, 0.15) is 44.1 Å². The van der Waals surface area contributed by atoms with Gasteiger partial charge in [0.15, 0.2) is 0 Å². The quantitative estimate of drug-likeness (QED) is 0.768. The van der Waals surface area contributed by atoms with Gasteiger partial charge in [0, 0.05) is 31.2 Å². The molecule has 3 N–H and O–H groups in total. The summed E-state index contributed by atoms with van der Waals surface area (Å²) in [6.07, 6.45) is 4.89. The van der Waals surface area contributed by atoms with Crippen LogP contribution in [0, 0.1) is 17.1 Å². The van der Waals surface area contributed by atoms with Crippen molar-refractivity contribution < 1.29 is 14.3 Å². The van der Waals surface area contributed by atoms with Crippen LogP contribution in [-0.4, -0.2) is 42.4 Å². The van der Waals surface area contributed by atoms with E-state index in [0.717, 1.165) is 45.1 Å². The van der Waals surface area contributed by atoms with E-state index < -0.39 is 6.09 Å². The largest absolute Gasteiger partial charge is 0.465 e. The molecule has 1 saturated carbocycles. The molecule has 0 radical (unpaired) electrons. The smallest absolute Gasteiger partial charge is 0.404 e. The zero-order valence-corrected chi connectivity index (χ0v) is 14.7. The fourth-order valence-corrected chi connectivity index (χ4v) is 4.13. The van der Waals surface area contributed by atoms with Crippen LogP contribution in [-0.2, 0) is 0 Å². The number of hydrogen-bond acceptors (Lipinski definition) is 4. The van der Waals surface area contributed by atoms with E-state index >= 15 is 0 Å². The average Bonchev–Trinajstić information content (AvgIpc) is 2.63. The molecule has 1 aliphatic heterocycles. The number of nitriles is 1. The predicted octanol–water partition coefficient (Wildman–Crippen LogP) is 2.83. The summed E-state index contributed by atoms with van der Waals surface area (Å²) in [7, 11) is 0. The highest BCUT2D eigenvalue weighted by Crippen LogP contribution is 2.26. The first-order chi connectivity index (χ1) is 12.6. The summed E-state index contributed by atoms with van der Waals surface area (Å²) in [6, 6.07) is 6.80. The van der Waals surface area contributed by atoms with E-state index in [9.17, 15) is 9.18 Å². The Morgan fingerprint density at radius 1 is 1.23 bits per heavy atom. The van der Waals surface area contributed by atoms with Gasteiger partial charge in [0.2, 0.25) is 0 Å². The number of piperidine rings is 1. The molecule has 0 aromatic heterocycles. The maximum Gasteiger partial charge on any atom is 0.404 e. The second-order valence-corrected chi connectivity index (χ2v) is 7.18. The third-order valence-electron chi connectivity index (χ3n) is 5.36. The summed E-state index contributed by atoms with van der Waals surface area (Å²) in [6.45, 7) is 1.46. The predicted molar refractivity (Wildman–Crippen MR) is 96.7 cm³/mol. The second-order valence-electron chi connectivity index (χ2n) is 7.18. The SMILES string of the molecule is N#Cc1ccc(N2CCC[C@H](N[C@@H]3CCCC[C@H]3NC(=O)O)C2)c(F)c1. The number of nitrogens with zero attached hydrogens (tertiary/aromatic N) is 2. The van der Waals surface area contributed by atoms with Crippen LogP contribution in [0.25, 0.3) is 0 Å². The van der Waals surface area contributed by atoms with E-state index in [4.69, 9.17) is 10.4 Å². The van der Waals surface area contributed by atoms with Gasteiger partial charge in [-0.2, -0.15) is 5.26 Å². The number of nitrogens with one attached hydrogen (secondary N) is 2. The lowest BCUT2D eigenvalue weighted by Gasteiger charge is -2.40. The van der Waals surface area contributed by atoms with Crippen molar-refractivity contribution in [3.05, 3.63) is 29.6 Å². The molecule has 1 saturated heterocycles. The van der Waals surface area contributed by atoms with Gasteiger partial charge in [-0.15, -0.1) is 0 Å². The summed E-state index contributed by atoms with van der Waals surface area (Å²) < 4.78 is 14.3. The minimum absolute atomic E-state index is 0.0664. The molecule has 3 rings (SSSR count). The molecule has 7 heteroatoms. The zero-order chi connectivity index (χ0) is 18.5. The van der Waals surface area contributed by atoms with E-state index in [1.165, 1.54) is 6.07 Å². The first kappa shape index (κ1) is 18.5. The number of carbonyl (C=O) groups is 1. The highest BCUT2D eigenvalue weighted by Gasteiger charge is 2.30. The molecule has 2 fully saturated rings. The van der Waals surface area contributed by atoms with Crippen molar-refractivity contribution in [3.8, 4) is 6.07 Å².